The Morgan fingerprint density at radius 3 is 1.05 bits per heavy atom. The van der Waals surface area contributed by atoms with Crippen molar-refractivity contribution in [2.75, 3.05) is 13.2 Å². The summed E-state index contributed by atoms with van der Waals surface area (Å²) in [6, 6.07) is 0. The van der Waals surface area contributed by atoms with Crippen LogP contribution in [0.25, 0.3) is 0 Å². The highest BCUT2D eigenvalue weighted by molar-refractivity contribution is 5.71. The molecule has 0 aromatic heterocycles. The molecule has 1 atom stereocenters. The van der Waals surface area contributed by atoms with Crippen molar-refractivity contribution in [2.45, 2.75) is 277 Å². The van der Waals surface area contributed by atoms with Crippen molar-refractivity contribution in [3.8, 4) is 0 Å². The fourth-order valence-corrected chi connectivity index (χ4v) is 7.69. The van der Waals surface area contributed by atoms with Crippen LogP contribution in [0.1, 0.15) is 271 Å². The summed E-state index contributed by atoms with van der Waals surface area (Å²) in [4.78, 5) is 38.0. The molecule has 0 aliphatic rings. The maximum Gasteiger partial charge on any atom is 0.306 e. The van der Waals surface area contributed by atoms with Gasteiger partial charge in [-0.05, 0) is 70.6 Å². The third-order valence-corrected chi connectivity index (χ3v) is 11.8. The normalized spacial score (nSPS) is 12.5. The maximum atomic E-state index is 12.8. The van der Waals surface area contributed by atoms with Gasteiger partial charge in [-0.2, -0.15) is 0 Å². The van der Waals surface area contributed by atoms with Crippen LogP contribution in [0, 0.1) is 0 Å². The molecule has 1 unspecified atom stereocenters. The van der Waals surface area contributed by atoms with Gasteiger partial charge in [-0.1, -0.05) is 242 Å². The monoisotopic (exact) mass is 895 g/mol. The fraction of sp³-hybridized carbons (Fsp3) is 0.776. The SMILES string of the molecule is CC/C=C/C/C=C/C/C=C/CCCCCCCCCCCC(=O)OCC(COC(=O)CC/C=C/C/C=C/CCCCCCCC)OC(=O)CCCCCCCCCCCCCCCC. The molecule has 370 valence electrons. The molecule has 0 heterocycles. The van der Waals surface area contributed by atoms with Crippen LogP contribution in [0.2, 0.25) is 0 Å². The molecule has 0 spiro atoms. The average Bonchev–Trinajstić information content (AvgIpc) is 3.29. The Balaban J connectivity index is 4.39. The number of ether oxygens (including phenoxy) is 3. The number of esters is 3. The van der Waals surface area contributed by atoms with Gasteiger partial charge in [-0.15, -0.1) is 0 Å². The van der Waals surface area contributed by atoms with Crippen LogP contribution in [-0.4, -0.2) is 37.2 Å². The van der Waals surface area contributed by atoms with Gasteiger partial charge in [0, 0.05) is 19.3 Å². The second-order valence-electron chi connectivity index (χ2n) is 18.1. The van der Waals surface area contributed by atoms with Gasteiger partial charge in [-0.25, -0.2) is 0 Å². The van der Waals surface area contributed by atoms with Gasteiger partial charge in [0.05, 0.1) is 0 Å². The molecule has 0 radical (unpaired) electrons. The largest absolute Gasteiger partial charge is 0.462 e. The van der Waals surface area contributed by atoms with Gasteiger partial charge in [0.15, 0.2) is 6.10 Å². The lowest BCUT2D eigenvalue weighted by molar-refractivity contribution is -0.166. The summed E-state index contributed by atoms with van der Waals surface area (Å²) in [7, 11) is 0. The summed E-state index contributed by atoms with van der Waals surface area (Å²) in [5.41, 5.74) is 0. The molecule has 0 aliphatic carbocycles. The van der Waals surface area contributed by atoms with Crippen LogP contribution >= 0.6 is 0 Å². The van der Waals surface area contributed by atoms with E-state index in [9.17, 15) is 14.4 Å². The maximum absolute atomic E-state index is 12.8. The molecular formula is C58H102O6. The molecule has 0 rings (SSSR count). The molecule has 64 heavy (non-hydrogen) atoms. The van der Waals surface area contributed by atoms with E-state index in [4.69, 9.17) is 14.2 Å². The van der Waals surface area contributed by atoms with Crippen LogP contribution in [0.5, 0.6) is 0 Å². The summed E-state index contributed by atoms with van der Waals surface area (Å²) in [5, 5.41) is 0. The lowest BCUT2D eigenvalue weighted by Crippen LogP contribution is -2.30. The number of carbonyl (C=O) groups is 3. The zero-order valence-electron chi connectivity index (χ0n) is 42.3. The molecule has 0 N–H and O–H groups in total. The van der Waals surface area contributed by atoms with Gasteiger partial charge in [0.25, 0.3) is 0 Å². The van der Waals surface area contributed by atoms with Crippen molar-refractivity contribution in [1.29, 1.82) is 0 Å². The number of unbranched alkanes of at least 4 members (excludes halogenated alkanes) is 28. The fourth-order valence-electron chi connectivity index (χ4n) is 7.69. The molecule has 0 saturated carbocycles. The number of hydrogen-bond donors (Lipinski definition) is 0. The lowest BCUT2D eigenvalue weighted by atomic mass is 10.0. The Bertz CT molecular complexity index is 1170. The summed E-state index contributed by atoms with van der Waals surface area (Å²) >= 11 is 0. The minimum atomic E-state index is -0.796. The van der Waals surface area contributed by atoms with E-state index in [0.29, 0.717) is 19.3 Å². The highest BCUT2D eigenvalue weighted by atomic mass is 16.6. The second kappa shape index (κ2) is 52.7. The molecule has 6 heteroatoms. The highest BCUT2D eigenvalue weighted by Gasteiger charge is 2.19. The number of hydrogen-bond acceptors (Lipinski definition) is 6. The van der Waals surface area contributed by atoms with Gasteiger partial charge in [0.2, 0.25) is 0 Å². The van der Waals surface area contributed by atoms with Crippen LogP contribution < -0.4 is 0 Å². The molecule has 0 aliphatic heterocycles. The van der Waals surface area contributed by atoms with Crippen molar-refractivity contribution >= 4 is 17.9 Å². The third-order valence-electron chi connectivity index (χ3n) is 11.8. The Hall–Kier alpha value is -2.89. The predicted octanol–water partition coefficient (Wildman–Crippen LogP) is 18.0. The minimum absolute atomic E-state index is 0.0919. The van der Waals surface area contributed by atoms with E-state index in [-0.39, 0.29) is 37.5 Å². The standard InChI is InChI=1S/C58H102O6/c1-4-7-10-13-16-19-22-25-27-28-29-30-31-34-36-39-42-45-48-51-57(60)63-54-55(53-62-56(59)50-47-44-41-38-35-32-24-21-18-15-12-9-6-3)64-58(61)52-49-46-43-40-37-33-26-23-20-17-14-11-8-5-2/h7,10,16,19,25,27,32,35,41,44,55H,4-6,8-9,11-15,17-18,20-24,26,28-31,33-34,36-40,42-43,45-54H2,1-3H3/b10-7+,19-16+,27-25+,35-32+,44-41+. The summed E-state index contributed by atoms with van der Waals surface area (Å²) < 4.78 is 16.8. The first-order valence-corrected chi connectivity index (χ1v) is 27.3. The first-order valence-electron chi connectivity index (χ1n) is 27.3. The summed E-state index contributed by atoms with van der Waals surface area (Å²) in [6.07, 6.45) is 65.0. The Kier molecular flexibility index (Phi) is 50.4. The Morgan fingerprint density at radius 1 is 0.328 bits per heavy atom. The first kappa shape index (κ1) is 61.1. The van der Waals surface area contributed by atoms with Gasteiger partial charge < -0.3 is 14.2 Å². The van der Waals surface area contributed by atoms with Crippen molar-refractivity contribution in [3.63, 3.8) is 0 Å². The molecule has 6 nitrogen and oxygen atoms in total. The van der Waals surface area contributed by atoms with Gasteiger partial charge in [-0.3, -0.25) is 14.4 Å². The van der Waals surface area contributed by atoms with Crippen molar-refractivity contribution < 1.29 is 28.6 Å². The van der Waals surface area contributed by atoms with Crippen LogP contribution in [-0.2, 0) is 28.6 Å². The second-order valence-corrected chi connectivity index (χ2v) is 18.1. The Labute approximate surface area is 396 Å². The Morgan fingerprint density at radius 2 is 0.641 bits per heavy atom. The number of allylic oxidation sites excluding steroid dienone is 10. The van der Waals surface area contributed by atoms with E-state index in [2.05, 4.69) is 75.5 Å². The zero-order valence-corrected chi connectivity index (χ0v) is 42.3. The van der Waals surface area contributed by atoms with Crippen LogP contribution in [0.4, 0.5) is 0 Å². The minimum Gasteiger partial charge on any atom is -0.462 e. The van der Waals surface area contributed by atoms with E-state index in [1.165, 1.54) is 154 Å². The summed E-state index contributed by atoms with van der Waals surface area (Å²) in [6.45, 7) is 6.48. The van der Waals surface area contributed by atoms with Crippen molar-refractivity contribution in [1.82, 2.24) is 0 Å². The van der Waals surface area contributed by atoms with Crippen LogP contribution in [0.3, 0.4) is 0 Å². The predicted molar refractivity (Wildman–Crippen MR) is 275 cm³/mol. The molecule has 0 aromatic rings. The first-order chi connectivity index (χ1) is 31.5. The van der Waals surface area contributed by atoms with Crippen molar-refractivity contribution in [2.24, 2.45) is 0 Å². The molecular weight excluding hydrogens is 793 g/mol. The number of carbonyl (C=O) groups excluding carboxylic acids is 3. The smallest absolute Gasteiger partial charge is 0.306 e. The average molecular weight is 895 g/mol. The third kappa shape index (κ3) is 50.1. The zero-order chi connectivity index (χ0) is 46.5. The lowest BCUT2D eigenvalue weighted by Gasteiger charge is -2.18. The summed E-state index contributed by atoms with van der Waals surface area (Å²) in [5.74, 6) is -0.959. The van der Waals surface area contributed by atoms with Gasteiger partial charge >= 0.3 is 17.9 Å². The van der Waals surface area contributed by atoms with E-state index in [1.54, 1.807) is 0 Å². The van der Waals surface area contributed by atoms with E-state index in [0.717, 1.165) is 70.6 Å². The van der Waals surface area contributed by atoms with Crippen molar-refractivity contribution in [3.05, 3.63) is 60.8 Å². The quantitative estimate of drug-likeness (QED) is 0.0262. The topological polar surface area (TPSA) is 78.9 Å². The van der Waals surface area contributed by atoms with E-state index < -0.39 is 6.10 Å². The van der Waals surface area contributed by atoms with Crippen LogP contribution in [0.15, 0.2) is 60.8 Å². The molecule has 0 amide bonds. The van der Waals surface area contributed by atoms with E-state index >= 15 is 0 Å². The van der Waals surface area contributed by atoms with Gasteiger partial charge in [0.1, 0.15) is 13.2 Å². The highest BCUT2D eigenvalue weighted by Crippen LogP contribution is 2.15. The molecule has 0 saturated heterocycles. The molecule has 0 aromatic carbocycles. The number of rotatable bonds is 49. The molecule has 0 fully saturated rings. The molecule has 0 bridgehead atoms. The van der Waals surface area contributed by atoms with E-state index in [1.807, 2.05) is 6.08 Å².